The van der Waals surface area contributed by atoms with Gasteiger partial charge in [-0.2, -0.15) is 4.98 Å². The van der Waals surface area contributed by atoms with E-state index in [0.29, 0.717) is 12.1 Å². The average Bonchev–Trinajstić information content (AvgIpc) is 3.30. The number of nitrogens with two attached hydrogens (primary N) is 1. The number of carbonyl (C=O) groups excluding carboxylic acids is 1. The maximum absolute atomic E-state index is 11.2. The van der Waals surface area contributed by atoms with Crippen molar-refractivity contribution in [2.24, 2.45) is 5.73 Å². The summed E-state index contributed by atoms with van der Waals surface area (Å²) in [6.45, 7) is 0.185. The van der Waals surface area contributed by atoms with Gasteiger partial charge in [0.15, 0.2) is 5.58 Å². The molecule has 6 nitrogen and oxygen atoms in total. The molecule has 0 unspecified atom stereocenters. The van der Waals surface area contributed by atoms with E-state index in [1.165, 1.54) is 32.1 Å². The molecule has 0 atom stereocenters. The normalized spacial score (nSPS) is 15.2. The Labute approximate surface area is 168 Å². The van der Waals surface area contributed by atoms with Gasteiger partial charge in [-0.1, -0.05) is 31.4 Å². The van der Waals surface area contributed by atoms with Gasteiger partial charge >= 0.3 is 0 Å². The van der Waals surface area contributed by atoms with Crippen molar-refractivity contribution in [2.45, 2.75) is 44.7 Å². The topological polar surface area (TPSA) is 86.1 Å². The van der Waals surface area contributed by atoms with Crippen LogP contribution >= 0.6 is 0 Å². The van der Waals surface area contributed by atoms with Crippen LogP contribution in [-0.2, 0) is 11.3 Å². The van der Waals surface area contributed by atoms with Crippen molar-refractivity contribution >= 4 is 33.9 Å². The molecule has 6 heteroatoms. The largest absolute Gasteiger partial charge is 0.424 e. The van der Waals surface area contributed by atoms with Gasteiger partial charge in [0.1, 0.15) is 12.1 Å². The third-order valence-corrected chi connectivity index (χ3v) is 5.75. The van der Waals surface area contributed by atoms with E-state index in [-0.39, 0.29) is 12.5 Å². The quantitative estimate of drug-likeness (QED) is 0.520. The van der Waals surface area contributed by atoms with Crippen molar-refractivity contribution in [1.82, 2.24) is 9.55 Å². The summed E-state index contributed by atoms with van der Waals surface area (Å²) in [7, 11) is 0. The number of rotatable bonds is 5. The number of nitrogens with zero attached hydrogens (tertiary/aromatic N) is 2. The van der Waals surface area contributed by atoms with Gasteiger partial charge in [-0.3, -0.25) is 4.79 Å². The molecule has 0 spiro atoms. The van der Waals surface area contributed by atoms with Gasteiger partial charge in [0.05, 0.1) is 0 Å². The van der Waals surface area contributed by atoms with E-state index >= 15 is 0 Å². The predicted molar refractivity (Wildman–Crippen MR) is 115 cm³/mol. The molecule has 29 heavy (non-hydrogen) atoms. The van der Waals surface area contributed by atoms with Crippen molar-refractivity contribution in [1.29, 1.82) is 0 Å². The summed E-state index contributed by atoms with van der Waals surface area (Å²) >= 11 is 0. The molecule has 0 aliphatic heterocycles. The molecule has 1 aliphatic rings. The van der Waals surface area contributed by atoms with Crippen LogP contribution in [0.4, 0.5) is 6.01 Å². The number of benzene rings is 2. The number of carbonyl (C=O) groups is 1. The summed E-state index contributed by atoms with van der Waals surface area (Å²) in [5, 5.41) is 4.53. The number of hydrogen-bond donors (Lipinski definition) is 2. The number of nitrogens with one attached hydrogen (secondary N) is 1. The number of aromatic nitrogens is 2. The van der Waals surface area contributed by atoms with Crippen LogP contribution in [0.3, 0.4) is 0 Å². The zero-order valence-corrected chi connectivity index (χ0v) is 16.2. The van der Waals surface area contributed by atoms with Crippen LogP contribution in [0.25, 0.3) is 33.1 Å². The average molecular weight is 388 g/mol. The van der Waals surface area contributed by atoms with Crippen LogP contribution < -0.4 is 11.1 Å². The number of amides is 1. The van der Waals surface area contributed by atoms with Crippen LogP contribution in [-0.4, -0.2) is 21.5 Å². The lowest BCUT2D eigenvalue weighted by Crippen LogP contribution is -2.22. The highest BCUT2D eigenvalue weighted by Crippen LogP contribution is 2.30. The van der Waals surface area contributed by atoms with Crippen LogP contribution in [0.2, 0.25) is 0 Å². The van der Waals surface area contributed by atoms with Crippen LogP contribution in [0.15, 0.2) is 53.1 Å². The lowest BCUT2D eigenvalue weighted by atomic mass is 9.96. The van der Waals surface area contributed by atoms with E-state index in [2.05, 4.69) is 34.6 Å². The molecule has 1 saturated carbocycles. The van der Waals surface area contributed by atoms with Crippen molar-refractivity contribution in [3.8, 4) is 11.1 Å². The van der Waals surface area contributed by atoms with E-state index < -0.39 is 0 Å². The first-order chi connectivity index (χ1) is 14.2. The highest BCUT2D eigenvalue weighted by molar-refractivity contribution is 5.89. The van der Waals surface area contributed by atoms with E-state index in [0.717, 1.165) is 33.1 Å². The first-order valence-electron chi connectivity index (χ1n) is 10.2. The molecule has 2 heterocycles. The number of oxazole rings is 1. The van der Waals surface area contributed by atoms with Gasteiger partial charge in [-0.05, 0) is 54.3 Å². The van der Waals surface area contributed by atoms with E-state index in [1.807, 2.05) is 29.0 Å². The van der Waals surface area contributed by atoms with Gasteiger partial charge in [0.2, 0.25) is 5.91 Å². The predicted octanol–water partition coefficient (Wildman–Crippen LogP) is 4.68. The summed E-state index contributed by atoms with van der Waals surface area (Å²) in [6.07, 6.45) is 8.12. The summed E-state index contributed by atoms with van der Waals surface area (Å²) in [6, 6.07) is 15.4. The number of primary amides is 1. The van der Waals surface area contributed by atoms with Gasteiger partial charge in [0, 0.05) is 23.1 Å². The number of anilines is 1. The van der Waals surface area contributed by atoms with Crippen LogP contribution in [0.1, 0.15) is 32.1 Å². The molecule has 4 aromatic rings. The lowest BCUT2D eigenvalue weighted by Gasteiger charge is -2.21. The Hall–Kier alpha value is -3.28. The first-order valence-corrected chi connectivity index (χ1v) is 10.2. The van der Waals surface area contributed by atoms with Crippen LogP contribution in [0.5, 0.6) is 0 Å². The van der Waals surface area contributed by atoms with Crippen molar-refractivity contribution in [2.75, 3.05) is 5.32 Å². The first kappa shape index (κ1) is 17.8. The second-order valence-corrected chi connectivity index (χ2v) is 7.86. The minimum absolute atomic E-state index is 0.185. The van der Waals surface area contributed by atoms with E-state index in [1.54, 1.807) is 0 Å². The third kappa shape index (κ3) is 3.58. The minimum atomic E-state index is -0.347. The molecule has 2 aromatic heterocycles. The molecule has 1 amide bonds. The zero-order valence-electron chi connectivity index (χ0n) is 16.2. The fourth-order valence-corrected chi connectivity index (χ4v) is 4.28. The molecule has 0 radical (unpaired) electrons. The van der Waals surface area contributed by atoms with Crippen molar-refractivity contribution in [3.05, 3.63) is 48.7 Å². The summed E-state index contributed by atoms with van der Waals surface area (Å²) in [5.74, 6) is -0.347. The van der Waals surface area contributed by atoms with Crippen molar-refractivity contribution in [3.63, 3.8) is 0 Å². The standard InChI is InChI=1S/C23H24N4O2/c24-22(28)14-27-11-10-17-12-15(6-8-20(17)27)16-7-9-21-19(13-16)26-23(29-21)25-18-4-2-1-3-5-18/h6-13,18H,1-5,14H2,(H2,24,28)(H,25,26). The summed E-state index contributed by atoms with van der Waals surface area (Å²) in [5.41, 5.74) is 10.2. The molecule has 148 valence electrons. The minimum Gasteiger partial charge on any atom is -0.424 e. The maximum Gasteiger partial charge on any atom is 0.295 e. The SMILES string of the molecule is NC(=O)Cn1ccc2cc(-c3ccc4oc(NC5CCCCC5)nc4c3)ccc21. The Morgan fingerprint density at radius 2 is 1.90 bits per heavy atom. The fourth-order valence-electron chi connectivity index (χ4n) is 4.28. The second-order valence-electron chi connectivity index (χ2n) is 7.86. The fraction of sp³-hybridized carbons (Fsp3) is 0.304. The Morgan fingerprint density at radius 1 is 1.10 bits per heavy atom. The molecule has 2 aromatic carbocycles. The molecule has 3 N–H and O–H groups in total. The lowest BCUT2D eigenvalue weighted by molar-refractivity contribution is -0.118. The van der Waals surface area contributed by atoms with E-state index in [4.69, 9.17) is 10.2 Å². The highest BCUT2D eigenvalue weighted by Gasteiger charge is 2.16. The van der Waals surface area contributed by atoms with Crippen molar-refractivity contribution < 1.29 is 9.21 Å². The van der Waals surface area contributed by atoms with Gasteiger partial charge in [-0.25, -0.2) is 0 Å². The maximum atomic E-state index is 11.2. The smallest absolute Gasteiger partial charge is 0.295 e. The van der Waals surface area contributed by atoms with Gasteiger partial charge < -0.3 is 20.0 Å². The molecule has 1 fully saturated rings. The zero-order chi connectivity index (χ0) is 19.8. The molecular weight excluding hydrogens is 364 g/mol. The molecule has 1 aliphatic carbocycles. The monoisotopic (exact) mass is 388 g/mol. The Balaban J connectivity index is 1.43. The molecule has 5 rings (SSSR count). The van der Waals surface area contributed by atoms with Gasteiger partial charge in [-0.15, -0.1) is 0 Å². The highest BCUT2D eigenvalue weighted by atomic mass is 16.4. The van der Waals surface area contributed by atoms with Gasteiger partial charge in [0.25, 0.3) is 6.01 Å². The Bertz CT molecular complexity index is 1180. The molecule has 0 saturated heterocycles. The van der Waals surface area contributed by atoms with E-state index in [9.17, 15) is 4.79 Å². The Morgan fingerprint density at radius 3 is 2.72 bits per heavy atom. The molecule has 0 bridgehead atoms. The number of hydrogen-bond acceptors (Lipinski definition) is 4. The second kappa shape index (κ2) is 7.28. The molecular formula is C23H24N4O2. The van der Waals surface area contributed by atoms with Crippen LogP contribution in [0, 0.1) is 0 Å². The third-order valence-electron chi connectivity index (χ3n) is 5.75. The summed E-state index contributed by atoms with van der Waals surface area (Å²) in [4.78, 5) is 15.9. The Kier molecular flexibility index (Phi) is 4.46. The number of fused-ring (bicyclic) bond motifs is 2. The summed E-state index contributed by atoms with van der Waals surface area (Å²) < 4.78 is 7.77.